The molecule has 5 nitrogen and oxygen atoms in total. The van der Waals surface area contributed by atoms with Gasteiger partial charge in [-0.05, 0) is 18.9 Å². The Balaban J connectivity index is 1.99. The average Bonchev–Trinajstić information content (AvgIpc) is 2.84. The van der Waals surface area contributed by atoms with Crippen LogP contribution >= 0.6 is 0 Å². The van der Waals surface area contributed by atoms with Gasteiger partial charge in [-0.1, -0.05) is 30.3 Å². The number of rotatable bonds is 2. The van der Waals surface area contributed by atoms with Crippen molar-refractivity contribution >= 4 is 11.8 Å². The summed E-state index contributed by atoms with van der Waals surface area (Å²) in [7, 11) is 0. The number of aromatic nitrogens is 2. The van der Waals surface area contributed by atoms with Gasteiger partial charge in [-0.3, -0.25) is 0 Å². The molecule has 2 unspecified atom stereocenters. The molecule has 0 spiro atoms. The summed E-state index contributed by atoms with van der Waals surface area (Å²) in [6.07, 6.45) is 2.30. The molecule has 0 radical (unpaired) electrons. The molecule has 1 aliphatic rings. The first-order chi connectivity index (χ1) is 9.16. The average molecular weight is 257 g/mol. The first kappa shape index (κ1) is 11.8. The van der Waals surface area contributed by atoms with Crippen LogP contribution in [0.2, 0.25) is 0 Å². The fourth-order valence-electron chi connectivity index (χ4n) is 2.57. The van der Waals surface area contributed by atoms with Crippen LogP contribution in [0.25, 0.3) is 0 Å². The third-order valence-corrected chi connectivity index (χ3v) is 3.53. The van der Waals surface area contributed by atoms with Crippen LogP contribution in [0.3, 0.4) is 0 Å². The van der Waals surface area contributed by atoms with Gasteiger partial charge in [0.2, 0.25) is 0 Å². The zero-order chi connectivity index (χ0) is 13.4. The molecule has 19 heavy (non-hydrogen) atoms. The van der Waals surface area contributed by atoms with Crippen LogP contribution in [0.5, 0.6) is 0 Å². The third-order valence-electron chi connectivity index (χ3n) is 3.53. The van der Waals surface area contributed by atoms with Crippen LogP contribution in [0, 0.1) is 0 Å². The molecule has 0 saturated heterocycles. The van der Waals surface area contributed by atoms with E-state index in [4.69, 9.17) is 0 Å². The van der Waals surface area contributed by atoms with Crippen LogP contribution < -0.4 is 5.32 Å². The number of benzene rings is 1. The zero-order valence-electron chi connectivity index (χ0n) is 10.6. The van der Waals surface area contributed by atoms with Gasteiger partial charge in [-0.15, -0.1) is 0 Å². The van der Waals surface area contributed by atoms with Crippen LogP contribution in [0.1, 0.15) is 41.3 Å². The largest absolute Gasteiger partial charge is 0.477 e. The number of aromatic carboxylic acids is 1. The van der Waals surface area contributed by atoms with Crippen molar-refractivity contribution in [2.75, 3.05) is 5.32 Å². The number of carboxylic acid groups (broad SMARTS) is 1. The molecular weight excluding hydrogens is 242 g/mol. The van der Waals surface area contributed by atoms with Gasteiger partial charge in [-0.25, -0.2) is 9.48 Å². The summed E-state index contributed by atoms with van der Waals surface area (Å²) in [5, 5.41) is 16.6. The van der Waals surface area contributed by atoms with Crippen molar-refractivity contribution in [3.05, 3.63) is 47.7 Å². The predicted octanol–water partition coefficient (Wildman–Crippen LogP) is 2.70. The topological polar surface area (TPSA) is 67.2 Å². The fraction of sp³-hybridized carbons (Fsp3) is 0.286. The molecular formula is C14H15N3O2. The lowest BCUT2D eigenvalue weighted by atomic mass is 9.98. The minimum absolute atomic E-state index is 0.124. The number of nitrogens with zero attached hydrogens (tertiary/aromatic N) is 2. The molecule has 2 N–H and O–H groups in total. The van der Waals surface area contributed by atoms with Crippen molar-refractivity contribution in [2.24, 2.45) is 0 Å². The summed E-state index contributed by atoms with van der Waals surface area (Å²) in [6.45, 7) is 2.05. The smallest absolute Gasteiger partial charge is 0.341 e. The Labute approximate surface area is 110 Å². The summed E-state index contributed by atoms with van der Waals surface area (Å²) in [5.74, 6) is -0.352. The molecule has 0 saturated carbocycles. The molecule has 0 bridgehead atoms. The normalized spacial score (nSPS) is 21.5. The summed E-state index contributed by atoms with van der Waals surface area (Å²) in [5.41, 5.74) is 1.39. The molecule has 2 atom stereocenters. The number of hydrogen-bond donors (Lipinski definition) is 2. The summed E-state index contributed by atoms with van der Waals surface area (Å²) in [6, 6.07) is 10.4. The quantitative estimate of drug-likeness (QED) is 0.868. The number of carbonyl (C=O) groups is 1. The van der Waals surface area contributed by atoms with E-state index >= 15 is 0 Å². The van der Waals surface area contributed by atoms with Gasteiger partial charge >= 0.3 is 5.97 Å². The molecule has 0 fully saturated rings. The standard InChI is InChI=1S/C14H15N3O2/c1-9-7-12(10-5-3-2-4-6-10)16-13-11(14(18)19)8-15-17(9)13/h2-6,8-9,12,16H,7H2,1H3,(H,18,19). The van der Waals surface area contributed by atoms with E-state index in [1.54, 1.807) is 4.68 Å². The molecule has 3 rings (SSSR count). The second kappa shape index (κ2) is 4.42. The van der Waals surface area contributed by atoms with Crippen molar-refractivity contribution < 1.29 is 9.90 Å². The van der Waals surface area contributed by atoms with E-state index < -0.39 is 5.97 Å². The maximum atomic E-state index is 11.2. The van der Waals surface area contributed by atoms with Gasteiger partial charge in [-0.2, -0.15) is 5.10 Å². The number of fused-ring (bicyclic) bond motifs is 1. The van der Waals surface area contributed by atoms with Gasteiger partial charge in [0.15, 0.2) is 0 Å². The fourth-order valence-corrected chi connectivity index (χ4v) is 2.57. The number of carboxylic acids is 1. The maximum absolute atomic E-state index is 11.2. The van der Waals surface area contributed by atoms with Crippen molar-refractivity contribution in [1.29, 1.82) is 0 Å². The van der Waals surface area contributed by atoms with Gasteiger partial charge in [0.1, 0.15) is 11.4 Å². The highest BCUT2D eigenvalue weighted by Gasteiger charge is 2.29. The Kier molecular flexibility index (Phi) is 2.74. The summed E-state index contributed by atoms with van der Waals surface area (Å²) >= 11 is 0. The van der Waals surface area contributed by atoms with Gasteiger partial charge in [0.05, 0.1) is 18.3 Å². The molecule has 0 aliphatic carbocycles. The molecule has 1 aliphatic heterocycles. The van der Waals surface area contributed by atoms with E-state index in [0.717, 1.165) is 12.0 Å². The van der Waals surface area contributed by atoms with E-state index in [1.807, 2.05) is 18.2 Å². The van der Waals surface area contributed by atoms with Gasteiger partial charge in [0.25, 0.3) is 0 Å². The summed E-state index contributed by atoms with van der Waals surface area (Å²) < 4.78 is 1.75. The molecule has 2 aromatic rings. The SMILES string of the molecule is CC1CC(c2ccccc2)Nc2c(C(=O)O)cnn21. The molecule has 98 valence electrons. The molecule has 1 aromatic heterocycles. The maximum Gasteiger partial charge on any atom is 0.341 e. The van der Waals surface area contributed by atoms with Crippen LogP contribution in [0.4, 0.5) is 5.82 Å². The zero-order valence-corrected chi connectivity index (χ0v) is 10.6. The Morgan fingerprint density at radius 1 is 1.42 bits per heavy atom. The Morgan fingerprint density at radius 2 is 2.16 bits per heavy atom. The Hall–Kier alpha value is -2.30. The molecule has 1 aromatic carbocycles. The Bertz CT molecular complexity index is 606. The first-order valence-corrected chi connectivity index (χ1v) is 6.29. The van der Waals surface area contributed by atoms with Crippen molar-refractivity contribution in [3.8, 4) is 0 Å². The lowest BCUT2D eigenvalue weighted by molar-refractivity contribution is 0.0697. The van der Waals surface area contributed by atoms with Gasteiger partial charge < -0.3 is 10.4 Å². The van der Waals surface area contributed by atoms with E-state index in [-0.39, 0.29) is 17.6 Å². The Morgan fingerprint density at radius 3 is 2.84 bits per heavy atom. The van der Waals surface area contributed by atoms with Crippen LogP contribution in [-0.2, 0) is 0 Å². The number of anilines is 1. The number of nitrogens with one attached hydrogen (secondary N) is 1. The van der Waals surface area contributed by atoms with E-state index in [1.165, 1.54) is 6.20 Å². The lowest BCUT2D eigenvalue weighted by Gasteiger charge is -2.31. The predicted molar refractivity (Wildman–Crippen MR) is 71.3 cm³/mol. The van der Waals surface area contributed by atoms with E-state index in [9.17, 15) is 9.90 Å². The van der Waals surface area contributed by atoms with E-state index in [2.05, 4.69) is 29.5 Å². The van der Waals surface area contributed by atoms with E-state index in [0.29, 0.717) is 5.82 Å². The van der Waals surface area contributed by atoms with Gasteiger partial charge in [0, 0.05) is 0 Å². The highest BCUT2D eigenvalue weighted by atomic mass is 16.4. The minimum atomic E-state index is -0.949. The van der Waals surface area contributed by atoms with Crippen molar-refractivity contribution in [3.63, 3.8) is 0 Å². The van der Waals surface area contributed by atoms with Crippen molar-refractivity contribution in [1.82, 2.24) is 9.78 Å². The third kappa shape index (κ3) is 1.97. The highest BCUT2D eigenvalue weighted by molar-refractivity contribution is 5.93. The second-order valence-corrected chi connectivity index (χ2v) is 4.85. The monoisotopic (exact) mass is 257 g/mol. The lowest BCUT2D eigenvalue weighted by Crippen LogP contribution is -2.26. The first-order valence-electron chi connectivity index (χ1n) is 6.29. The van der Waals surface area contributed by atoms with Crippen molar-refractivity contribution in [2.45, 2.75) is 25.4 Å². The summed E-state index contributed by atoms with van der Waals surface area (Å²) in [4.78, 5) is 11.2. The molecule has 0 amide bonds. The second-order valence-electron chi connectivity index (χ2n) is 4.85. The van der Waals surface area contributed by atoms with Crippen LogP contribution in [-0.4, -0.2) is 20.9 Å². The molecule has 2 heterocycles. The molecule has 5 heteroatoms. The minimum Gasteiger partial charge on any atom is -0.477 e. The van der Waals surface area contributed by atoms with Crippen LogP contribution in [0.15, 0.2) is 36.5 Å². The highest BCUT2D eigenvalue weighted by Crippen LogP contribution is 2.36. The number of hydrogen-bond acceptors (Lipinski definition) is 3.